The van der Waals surface area contributed by atoms with Crippen LogP contribution in [0, 0.1) is 0 Å². The summed E-state index contributed by atoms with van der Waals surface area (Å²) in [5.41, 5.74) is 2.13. The molecule has 0 spiro atoms. The highest BCUT2D eigenvalue weighted by Crippen LogP contribution is 2.25. The van der Waals surface area contributed by atoms with Gasteiger partial charge >= 0.3 is 0 Å². The van der Waals surface area contributed by atoms with Crippen LogP contribution in [0.5, 0.6) is 5.75 Å². The summed E-state index contributed by atoms with van der Waals surface area (Å²) >= 11 is 0. The van der Waals surface area contributed by atoms with Crippen LogP contribution >= 0.6 is 0 Å². The van der Waals surface area contributed by atoms with Gasteiger partial charge in [-0.05, 0) is 81.2 Å². The van der Waals surface area contributed by atoms with Gasteiger partial charge in [-0.15, -0.1) is 0 Å². The summed E-state index contributed by atoms with van der Waals surface area (Å²) in [6.07, 6.45) is 8.32. The number of rotatable bonds is 9. The Bertz CT molecular complexity index is 847. The first-order valence-corrected chi connectivity index (χ1v) is 12.7. The molecule has 1 N–H and O–H groups in total. The fourth-order valence-corrected chi connectivity index (χ4v) is 5.11. The standard InChI is InChI=1S/C28H38N2O3/c31-22-6-10-25-9-4-5-18-30(25)28(32)24-11-13-26(14-12-24)33-27-16-20-29(21-17-27)19-15-23-7-2-1-3-8-23/h1-3,7-8,11-14,25,27,31H,4-6,9-10,15-22H2/t25-/m0/s1. The van der Waals surface area contributed by atoms with E-state index < -0.39 is 0 Å². The lowest BCUT2D eigenvalue weighted by Gasteiger charge is -2.36. The number of ether oxygens (including phenoxy) is 1. The molecule has 0 unspecified atom stereocenters. The number of aliphatic hydroxyl groups is 1. The van der Waals surface area contributed by atoms with E-state index in [-0.39, 0.29) is 24.7 Å². The minimum Gasteiger partial charge on any atom is -0.490 e. The van der Waals surface area contributed by atoms with Crippen LogP contribution in [0.4, 0.5) is 0 Å². The molecule has 2 aromatic rings. The predicted molar refractivity (Wildman–Crippen MR) is 132 cm³/mol. The van der Waals surface area contributed by atoms with Gasteiger partial charge in [0.15, 0.2) is 0 Å². The average molecular weight is 451 g/mol. The van der Waals surface area contributed by atoms with Crippen LogP contribution in [-0.2, 0) is 6.42 Å². The van der Waals surface area contributed by atoms with Gasteiger partial charge in [0, 0.05) is 44.4 Å². The molecule has 178 valence electrons. The molecule has 2 heterocycles. The molecule has 33 heavy (non-hydrogen) atoms. The lowest BCUT2D eigenvalue weighted by molar-refractivity contribution is 0.0590. The SMILES string of the molecule is O=C(c1ccc(OC2CCN(CCc3ccccc3)CC2)cc1)N1CCCC[C@H]1CCCO. The quantitative estimate of drug-likeness (QED) is 0.609. The zero-order valence-corrected chi connectivity index (χ0v) is 19.7. The molecule has 5 nitrogen and oxygen atoms in total. The highest BCUT2D eigenvalue weighted by Gasteiger charge is 2.27. The highest BCUT2D eigenvalue weighted by molar-refractivity contribution is 5.94. The molecule has 2 aromatic carbocycles. The first kappa shape index (κ1) is 23.8. The summed E-state index contributed by atoms with van der Waals surface area (Å²) in [7, 11) is 0. The second-order valence-electron chi connectivity index (χ2n) is 9.43. The van der Waals surface area contributed by atoms with E-state index in [0.717, 1.165) is 88.9 Å². The van der Waals surface area contributed by atoms with Gasteiger partial charge in [0.05, 0.1) is 0 Å². The maximum Gasteiger partial charge on any atom is 0.254 e. The number of benzene rings is 2. The number of nitrogens with zero attached hydrogens (tertiary/aromatic N) is 2. The monoisotopic (exact) mass is 450 g/mol. The first-order chi connectivity index (χ1) is 16.2. The number of hydrogen-bond acceptors (Lipinski definition) is 4. The van der Waals surface area contributed by atoms with E-state index in [1.807, 2.05) is 29.2 Å². The molecular formula is C28H38N2O3. The molecule has 0 aromatic heterocycles. The fourth-order valence-electron chi connectivity index (χ4n) is 5.11. The molecule has 0 radical (unpaired) electrons. The van der Waals surface area contributed by atoms with Crippen LogP contribution in [0.2, 0.25) is 0 Å². The molecule has 1 amide bonds. The Hall–Kier alpha value is -2.37. The average Bonchev–Trinajstić information content (AvgIpc) is 2.88. The van der Waals surface area contributed by atoms with Gasteiger partial charge in [0.25, 0.3) is 5.91 Å². The lowest BCUT2D eigenvalue weighted by atomic mass is 9.97. The van der Waals surface area contributed by atoms with E-state index >= 15 is 0 Å². The Labute approximate surface area is 198 Å². The van der Waals surface area contributed by atoms with E-state index in [1.165, 1.54) is 5.56 Å². The van der Waals surface area contributed by atoms with Gasteiger partial charge in [-0.3, -0.25) is 4.79 Å². The lowest BCUT2D eigenvalue weighted by Crippen LogP contribution is -2.43. The summed E-state index contributed by atoms with van der Waals surface area (Å²) in [5, 5.41) is 9.17. The summed E-state index contributed by atoms with van der Waals surface area (Å²) in [6.45, 7) is 4.24. The number of aliphatic hydroxyl groups excluding tert-OH is 1. The van der Waals surface area contributed by atoms with Crippen LogP contribution in [0.1, 0.15) is 60.9 Å². The molecule has 2 aliphatic heterocycles. The van der Waals surface area contributed by atoms with Crippen molar-refractivity contribution in [2.24, 2.45) is 0 Å². The number of carbonyl (C=O) groups is 1. The normalized spacial score (nSPS) is 20.0. The molecule has 0 aliphatic carbocycles. The van der Waals surface area contributed by atoms with Crippen molar-refractivity contribution in [3.05, 3.63) is 65.7 Å². The Morgan fingerprint density at radius 2 is 1.70 bits per heavy atom. The second-order valence-corrected chi connectivity index (χ2v) is 9.43. The van der Waals surface area contributed by atoms with E-state index in [2.05, 4.69) is 35.2 Å². The summed E-state index contributed by atoms with van der Waals surface area (Å²) in [4.78, 5) is 17.6. The minimum atomic E-state index is 0.107. The van der Waals surface area contributed by atoms with Gasteiger partial charge in [0.2, 0.25) is 0 Å². The predicted octanol–water partition coefficient (Wildman–Crippen LogP) is 4.54. The van der Waals surface area contributed by atoms with Gasteiger partial charge < -0.3 is 19.6 Å². The smallest absolute Gasteiger partial charge is 0.254 e. The molecule has 1 atom stereocenters. The zero-order valence-electron chi connectivity index (χ0n) is 19.7. The molecule has 2 fully saturated rings. The summed E-state index contributed by atoms with van der Waals surface area (Å²) in [5.74, 6) is 0.959. The third-order valence-electron chi connectivity index (χ3n) is 7.08. The number of hydrogen-bond donors (Lipinski definition) is 1. The molecule has 5 heteroatoms. The van der Waals surface area contributed by atoms with Crippen LogP contribution in [0.15, 0.2) is 54.6 Å². The zero-order chi connectivity index (χ0) is 22.9. The topological polar surface area (TPSA) is 53.0 Å². The van der Waals surface area contributed by atoms with E-state index in [1.54, 1.807) is 0 Å². The van der Waals surface area contributed by atoms with Crippen molar-refractivity contribution in [2.75, 3.05) is 32.8 Å². The Kier molecular flexibility index (Phi) is 8.79. The van der Waals surface area contributed by atoms with Crippen molar-refractivity contribution < 1.29 is 14.6 Å². The molecule has 4 rings (SSSR count). The maximum absolute atomic E-state index is 13.1. The fraction of sp³-hybridized carbons (Fsp3) is 0.536. The van der Waals surface area contributed by atoms with Gasteiger partial charge in [-0.2, -0.15) is 0 Å². The minimum absolute atomic E-state index is 0.107. The maximum atomic E-state index is 13.1. The molecular weight excluding hydrogens is 412 g/mol. The molecule has 2 saturated heterocycles. The third-order valence-corrected chi connectivity index (χ3v) is 7.08. The molecule has 2 aliphatic rings. The third kappa shape index (κ3) is 6.81. The van der Waals surface area contributed by atoms with Crippen LogP contribution < -0.4 is 4.74 Å². The molecule has 0 saturated carbocycles. The number of likely N-dealkylation sites (tertiary alicyclic amines) is 2. The number of piperidine rings is 2. The summed E-state index contributed by atoms with van der Waals surface area (Å²) < 4.78 is 6.24. The number of amides is 1. The van der Waals surface area contributed by atoms with Crippen molar-refractivity contribution in [1.29, 1.82) is 0 Å². The van der Waals surface area contributed by atoms with E-state index in [4.69, 9.17) is 4.74 Å². The largest absolute Gasteiger partial charge is 0.490 e. The van der Waals surface area contributed by atoms with Crippen LogP contribution in [-0.4, -0.2) is 65.7 Å². The highest BCUT2D eigenvalue weighted by atomic mass is 16.5. The Morgan fingerprint density at radius 1 is 0.939 bits per heavy atom. The molecule has 0 bridgehead atoms. The Balaban J connectivity index is 1.24. The second kappa shape index (κ2) is 12.2. The van der Waals surface area contributed by atoms with Gasteiger partial charge in [-0.25, -0.2) is 0 Å². The van der Waals surface area contributed by atoms with Gasteiger partial charge in [0.1, 0.15) is 11.9 Å². The van der Waals surface area contributed by atoms with Gasteiger partial charge in [-0.1, -0.05) is 30.3 Å². The van der Waals surface area contributed by atoms with Crippen molar-refractivity contribution in [1.82, 2.24) is 9.80 Å². The van der Waals surface area contributed by atoms with Crippen molar-refractivity contribution in [2.45, 2.75) is 63.5 Å². The van der Waals surface area contributed by atoms with E-state index in [0.29, 0.717) is 0 Å². The Morgan fingerprint density at radius 3 is 2.42 bits per heavy atom. The van der Waals surface area contributed by atoms with E-state index in [9.17, 15) is 9.90 Å². The van der Waals surface area contributed by atoms with Crippen molar-refractivity contribution in [3.8, 4) is 5.75 Å². The van der Waals surface area contributed by atoms with Crippen molar-refractivity contribution in [3.63, 3.8) is 0 Å². The van der Waals surface area contributed by atoms with Crippen LogP contribution in [0.3, 0.4) is 0 Å². The number of carbonyl (C=O) groups excluding carboxylic acids is 1. The summed E-state index contributed by atoms with van der Waals surface area (Å²) in [6, 6.07) is 18.6. The first-order valence-electron chi connectivity index (χ1n) is 12.7. The van der Waals surface area contributed by atoms with Crippen molar-refractivity contribution >= 4 is 5.91 Å². The van der Waals surface area contributed by atoms with Crippen LogP contribution in [0.25, 0.3) is 0 Å².